The third kappa shape index (κ3) is 9.89. The molecule has 1 aliphatic heterocycles. The van der Waals surface area contributed by atoms with Gasteiger partial charge in [0.1, 0.15) is 17.6 Å². The largest absolute Gasteiger partial charge is 0.497 e. The molecule has 9 nitrogen and oxygen atoms in total. The zero-order chi connectivity index (χ0) is 34.6. The van der Waals surface area contributed by atoms with E-state index in [0.29, 0.717) is 32.8 Å². The number of aliphatic hydroxyl groups excluding tert-OH is 2. The number of methoxy groups -OCH3 is 3. The molecule has 0 aliphatic carbocycles. The Morgan fingerprint density at radius 2 is 1.38 bits per heavy atom. The molecular formula is C39H52O9. The third-order valence-corrected chi connectivity index (χ3v) is 8.98. The summed E-state index contributed by atoms with van der Waals surface area (Å²) in [6.45, 7) is 7.37. The molecule has 3 aromatic rings. The average molecular weight is 665 g/mol. The maximum absolute atomic E-state index is 11.3. The first-order valence-corrected chi connectivity index (χ1v) is 16.5. The summed E-state index contributed by atoms with van der Waals surface area (Å²) in [5.41, 5.74) is 2.23. The minimum absolute atomic E-state index is 0.213. The van der Waals surface area contributed by atoms with Crippen molar-refractivity contribution < 1.29 is 43.4 Å². The van der Waals surface area contributed by atoms with E-state index in [2.05, 4.69) is 0 Å². The van der Waals surface area contributed by atoms with Gasteiger partial charge in [0.15, 0.2) is 0 Å². The van der Waals surface area contributed by atoms with Gasteiger partial charge in [-0.05, 0) is 47.9 Å². The van der Waals surface area contributed by atoms with Gasteiger partial charge in [-0.15, -0.1) is 0 Å². The molecule has 1 heterocycles. The molecule has 262 valence electrons. The van der Waals surface area contributed by atoms with Gasteiger partial charge in [0, 0.05) is 25.4 Å². The molecule has 3 aromatic carbocycles. The molecular weight excluding hydrogens is 612 g/mol. The van der Waals surface area contributed by atoms with Crippen molar-refractivity contribution in [2.45, 2.75) is 89.7 Å². The molecule has 1 saturated heterocycles. The molecule has 48 heavy (non-hydrogen) atoms. The van der Waals surface area contributed by atoms with Crippen LogP contribution in [0, 0.1) is 5.41 Å². The van der Waals surface area contributed by atoms with Crippen molar-refractivity contribution in [2.24, 2.45) is 5.41 Å². The van der Waals surface area contributed by atoms with Gasteiger partial charge in [-0.25, -0.2) is 0 Å². The van der Waals surface area contributed by atoms with Crippen LogP contribution in [0.3, 0.4) is 0 Å². The second-order valence-corrected chi connectivity index (χ2v) is 12.8. The molecule has 6 atom stereocenters. The Balaban J connectivity index is 1.45. The SMILES string of the molecule is COc1ccc(COC/C=C/C(C)(C)[C@]2(OC)OC(C[C@H](OCc3ccc(OC)cc3)[C@H](C)OCc3ccccc3)C[C@H](O)[C@@H]2O)cc1. The highest BCUT2D eigenvalue weighted by Crippen LogP contribution is 2.45. The summed E-state index contributed by atoms with van der Waals surface area (Å²) < 4.78 is 41.8. The van der Waals surface area contributed by atoms with Crippen LogP contribution in [0.5, 0.6) is 11.5 Å². The van der Waals surface area contributed by atoms with Crippen molar-refractivity contribution in [3.8, 4) is 11.5 Å². The van der Waals surface area contributed by atoms with Crippen molar-refractivity contribution >= 4 is 0 Å². The van der Waals surface area contributed by atoms with Gasteiger partial charge < -0.3 is 43.4 Å². The van der Waals surface area contributed by atoms with Gasteiger partial charge in [-0.2, -0.15) is 0 Å². The molecule has 9 heteroatoms. The van der Waals surface area contributed by atoms with Crippen molar-refractivity contribution in [1.29, 1.82) is 0 Å². The standard InChI is InChI=1S/C39H52O9/c1-28(46-26-29-11-8-7-9-12-29)36(47-27-31-15-19-33(43-5)20-16-31)24-34-23-35(40)37(41)39(44-6,48-34)38(2,3)21-10-22-45-25-30-13-17-32(42-4)18-14-30/h7-21,28,34-37,40-41H,22-27H2,1-6H3/b21-10+/t28-,34?,35-,36-,37-,39+/m0/s1. The van der Waals surface area contributed by atoms with Crippen molar-refractivity contribution in [3.05, 3.63) is 108 Å². The van der Waals surface area contributed by atoms with E-state index in [1.165, 1.54) is 7.11 Å². The maximum atomic E-state index is 11.3. The Labute approximate surface area is 285 Å². The van der Waals surface area contributed by atoms with Crippen molar-refractivity contribution in [2.75, 3.05) is 27.9 Å². The van der Waals surface area contributed by atoms with E-state index in [4.69, 9.17) is 33.2 Å². The molecule has 1 unspecified atom stereocenters. The monoisotopic (exact) mass is 664 g/mol. The maximum Gasteiger partial charge on any atom is 0.205 e. The average Bonchev–Trinajstić information content (AvgIpc) is 3.11. The number of aliphatic hydroxyl groups is 2. The molecule has 0 bridgehead atoms. The second-order valence-electron chi connectivity index (χ2n) is 12.8. The Hall–Kier alpha value is -3.28. The Kier molecular flexibility index (Phi) is 14.0. The van der Waals surface area contributed by atoms with Crippen molar-refractivity contribution in [3.63, 3.8) is 0 Å². The summed E-state index contributed by atoms with van der Waals surface area (Å²) in [6, 6.07) is 25.4. The van der Waals surface area contributed by atoms with E-state index in [0.717, 1.165) is 28.2 Å². The van der Waals surface area contributed by atoms with Crippen LogP contribution in [0.15, 0.2) is 91.0 Å². The summed E-state index contributed by atoms with van der Waals surface area (Å²) in [5, 5.41) is 22.5. The summed E-state index contributed by atoms with van der Waals surface area (Å²) in [6.07, 6.45) is 0.867. The van der Waals surface area contributed by atoms with Gasteiger partial charge in [-0.3, -0.25) is 0 Å². The van der Waals surface area contributed by atoms with Crippen LogP contribution < -0.4 is 9.47 Å². The van der Waals surface area contributed by atoms with Gasteiger partial charge in [0.05, 0.1) is 65.1 Å². The highest BCUT2D eigenvalue weighted by molar-refractivity contribution is 5.27. The lowest BCUT2D eigenvalue weighted by molar-refractivity contribution is -0.367. The Morgan fingerprint density at radius 1 is 0.812 bits per heavy atom. The van der Waals surface area contributed by atoms with Gasteiger partial charge in [-0.1, -0.05) is 80.6 Å². The minimum Gasteiger partial charge on any atom is -0.497 e. The first-order valence-electron chi connectivity index (χ1n) is 16.5. The smallest absolute Gasteiger partial charge is 0.205 e. The van der Waals surface area contributed by atoms with Crippen LogP contribution in [0.1, 0.15) is 50.3 Å². The van der Waals surface area contributed by atoms with E-state index in [9.17, 15) is 10.2 Å². The Morgan fingerprint density at radius 3 is 1.96 bits per heavy atom. The number of hydrogen-bond acceptors (Lipinski definition) is 9. The van der Waals surface area contributed by atoms with Gasteiger partial charge >= 0.3 is 0 Å². The molecule has 1 fully saturated rings. The number of ether oxygens (including phenoxy) is 7. The van der Waals surface area contributed by atoms with Gasteiger partial charge in [0.25, 0.3) is 0 Å². The number of benzene rings is 3. The molecule has 0 saturated carbocycles. The number of hydrogen-bond donors (Lipinski definition) is 2. The molecule has 4 rings (SSSR count). The molecule has 0 aromatic heterocycles. The first kappa shape index (κ1) is 37.5. The summed E-state index contributed by atoms with van der Waals surface area (Å²) in [7, 11) is 4.77. The van der Waals surface area contributed by atoms with Gasteiger partial charge in [0.2, 0.25) is 5.79 Å². The van der Waals surface area contributed by atoms with E-state index in [1.807, 2.05) is 112 Å². The molecule has 1 aliphatic rings. The van der Waals surface area contributed by atoms with E-state index < -0.39 is 29.5 Å². The Bertz CT molecular complexity index is 1380. The van der Waals surface area contributed by atoms with E-state index in [-0.39, 0.29) is 18.6 Å². The fourth-order valence-electron chi connectivity index (χ4n) is 6.04. The highest BCUT2D eigenvalue weighted by atomic mass is 16.7. The number of rotatable bonds is 18. The molecule has 0 radical (unpaired) electrons. The van der Waals surface area contributed by atoms with Crippen LogP contribution in [0.4, 0.5) is 0 Å². The van der Waals surface area contributed by atoms with Crippen LogP contribution in [0.25, 0.3) is 0 Å². The lowest BCUT2D eigenvalue weighted by Gasteiger charge is -2.53. The summed E-state index contributed by atoms with van der Waals surface area (Å²) >= 11 is 0. The molecule has 2 N–H and O–H groups in total. The van der Waals surface area contributed by atoms with Crippen LogP contribution >= 0.6 is 0 Å². The minimum atomic E-state index is -1.53. The first-order chi connectivity index (χ1) is 23.1. The lowest BCUT2D eigenvalue weighted by atomic mass is 9.75. The van der Waals surface area contributed by atoms with Crippen LogP contribution in [-0.2, 0) is 43.5 Å². The molecule has 0 spiro atoms. The zero-order valence-corrected chi connectivity index (χ0v) is 29.0. The van der Waals surface area contributed by atoms with Crippen LogP contribution in [-0.4, -0.2) is 74.5 Å². The third-order valence-electron chi connectivity index (χ3n) is 8.98. The van der Waals surface area contributed by atoms with Crippen molar-refractivity contribution in [1.82, 2.24) is 0 Å². The summed E-state index contributed by atoms with van der Waals surface area (Å²) in [5.74, 6) is 0.0340. The molecule has 0 amide bonds. The van der Waals surface area contributed by atoms with E-state index >= 15 is 0 Å². The topological polar surface area (TPSA) is 105 Å². The normalized spacial score (nSPS) is 22.8. The lowest BCUT2D eigenvalue weighted by Crippen LogP contribution is -2.65. The predicted octanol–water partition coefficient (Wildman–Crippen LogP) is 6.24. The van der Waals surface area contributed by atoms with E-state index in [1.54, 1.807) is 14.2 Å². The predicted molar refractivity (Wildman–Crippen MR) is 184 cm³/mol. The summed E-state index contributed by atoms with van der Waals surface area (Å²) in [4.78, 5) is 0. The van der Waals surface area contributed by atoms with Crippen LogP contribution in [0.2, 0.25) is 0 Å². The second kappa shape index (κ2) is 17.9. The zero-order valence-electron chi connectivity index (χ0n) is 29.0. The fourth-order valence-corrected chi connectivity index (χ4v) is 6.04. The highest BCUT2D eigenvalue weighted by Gasteiger charge is 2.58. The fraction of sp³-hybridized carbons (Fsp3) is 0.487. The quantitative estimate of drug-likeness (QED) is 0.121.